The number of alkyl carbamates (subject to hydrolysis) is 1. The van der Waals surface area contributed by atoms with Crippen molar-refractivity contribution in [2.24, 2.45) is 5.92 Å². The van der Waals surface area contributed by atoms with Gasteiger partial charge in [-0.25, -0.2) is 14.6 Å². The molecule has 11 heteroatoms. The lowest BCUT2D eigenvalue weighted by molar-refractivity contribution is -0.130. The van der Waals surface area contributed by atoms with E-state index in [4.69, 9.17) is 4.74 Å². The Bertz CT molecular complexity index is 1660. The maximum atomic E-state index is 13.9. The molecule has 0 saturated heterocycles. The molecule has 0 bridgehead atoms. The Balaban J connectivity index is 1.47. The lowest BCUT2D eigenvalue weighted by Crippen LogP contribution is -2.58. The van der Waals surface area contributed by atoms with Crippen LogP contribution in [0.3, 0.4) is 0 Å². The minimum Gasteiger partial charge on any atom is -0.445 e. The van der Waals surface area contributed by atoms with Crippen LogP contribution in [0.1, 0.15) is 48.8 Å². The van der Waals surface area contributed by atoms with Crippen LogP contribution in [0.15, 0.2) is 109 Å². The Labute approximate surface area is 301 Å². The van der Waals surface area contributed by atoms with Crippen molar-refractivity contribution in [2.75, 3.05) is 13.6 Å². The van der Waals surface area contributed by atoms with Gasteiger partial charge in [0.1, 0.15) is 12.6 Å². The molecule has 0 fully saturated rings. The van der Waals surface area contributed by atoms with Crippen LogP contribution in [0.4, 0.5) is 9.59 Å². The summed E-state index contributed by atoms with van der Waals surface area (Å²) in [5, 5.41) is 19.0. The number of carbonyl (C=O) groups is 3. The van der Waals surface area contributed by atoms with Crippen molar-refractivity contribution >= 4 is 18.0 Å². The van der Waals surface area contributed by atoms with Crippen molar-refractivity contribution in [3.8, 4) is 0 Å². The molecular weight excluding hydrogens is 644 g/mol. The smallest absolute Gasteiger partial charge is 0.407 e. The molecule has 3 aromatic carbocycles. The number of nitrogens with one attached hydrogen (secondary N) is 3. The van der Waals surface area contributed by atoms with Gasteiger partial charge in [0.15, 0.2) is 0 Å². The number of ether oxygens (including phenoxy) is 1. The molecular formula is C40H50N6O5. The molecule has 4 rings (SSSR count). The maximum absolute atomic E-state index is 13.9. The van der Waals surface area contributed by atoms with E-state index in [1.165, 1.54) is 4.90 Å². The largest absolute Gasteiger partial charge is 0.445 e. The summed E-state index contributed by atoms with van der Waals surface area (Å²) in [4.78, 5) is 46.2. The Morgan fingerprint density at radius 2 is 1.35 bits per heavy atom. The van der Waals surface area contributed by atoms with Crippen LogP contribution in [-0.2, 0) is 42.1 Å². The second kappa shape index (κ2) is 19.8. The van der Waals surface area contributed by atoms with Gasteiger partial charge in [0.2, 0.25) is 0 Å². The van der Waals surface area contributed by atoms with E-state index in [2.05, 4.69) is 21.0 Å². The molecule has 270 valence electrons. The molecule has 11 nitrogen and oxygen atoms in total. The molecule has 1 heterocycles. The van der Waals surface area contributed by atoms with Crippen molar-refractivity contribution in [3.63, 3.8) is 0 Å². The first-order chi connectivity index (χ1) is 24.6. The molecule has 1 aromatic heterocycles. The summed E-state index contributed by atoms with van der Waals surface area (Å²) >= 11 is 0. The summed E-state index contributed by atoms with van der Waals surface area (Å²) in [6, 6.07) is 32.1. The van der Waals surface area contributed by atoms with Crippen LogP contribution < -0.4 is 16.1 Å². The van der Waals surface area contributed by atoms with Gasteiger partial charge >= 0.3 is 12.1 Å². The summed E-state index contributed by atoms with van der Waals surface area (Å²) in [6.07, 6.45) is -0.679. The fourth-order valence-electron chi connectivity index (χ4n) is 5.51. The van der Waals surface area contributed by atoms with E-state index >= 15 is 0 Å². The summed E-state index contributed by atoms with van der Waals surface area (Å²) in [5.74, 6) is -0.685. The van der Waals surface area contributed by atoms with E-state index in [1.807, 2.05) is 130 Å². The van der Waals surface area contributed by atoms with Crippen LogP contribution >= 0.6 is 0 Å². The summed E-state index contributed by atoms with van der Waals surface area (Å²) in [6.45, 7) is 6.32. The minimum atomic E-state index is -1.12. The number of benzene rings is 3. The third-order valence-corrected chi connectivity index (χ3v) is 8.37. The zero-order valence-electron chi connectivity index (χ0n) is 29.9. The summed E-state index contributed by atoms with van der Waals surface area (Å²) in [7, 11) is 1.66. The van der Waals surface area contributed by atoms with Crippen molar-refractivity contribution in [1.82, 2.24) is 31.0 Å². The van der Waals surface area contributed by atoms with Gasteiger partial charge in [0.25, 0.3) is 5.91 Å². The lowest BCUT2D eigenvalue weighted by atomic mass is 10.0. The number of aryl methyl sites for hydroxylation is 1. The molecule has 4 N–H and O–H groups in total. The van der Waals surface area contributed by atoms with Gasteiger partial charge in [-0.15, -0.1) is 0 Å². The first-order valence-corrected chi connectivity index (χ1v) is 17.4. The van der Waals surface area contributed by atoms with Gasteiger partial charge in [-0.05, 0) is 47.6 Å². The lowest BCUT2D eigenvalue weighted by Gasteiger charge is -2.32. The molecule has 4 amide bonds. The van der Waals surface area contributed by atoms with Crippen molar-refractivity contribution < 1.29 is 24.2 Å². The number of aliphatic hydroxyl groups excluding tert-OH is 1. The fourth-order valence-corrected chi connectivity index (χ4v) is 5.51. The minimum absolute atomic E-state index is 0.0325. The number of rotatable bonds is 17. The molecule has 3 atom stereocenters. The Hall–Kier alpha value is -5.26. The predicted molar refractivity (Wildman–Crippen MR) is 197 cm³/mol. The SMILES string of the molecule is CCc1cccc(CN(C)C(=O)N[C@H](C(=O)NN(Cc2ccccc2)C[C@H](O)[C@H](Cc2ccccc2)NC(=O)OCc2ccccc2)C(C)C)n1. The third kappa shape index (κ3) is 12.9. The molecule has 0 unspecified atom stereocenters. The summed E-state index contributed by atoms with van der Waals surface area (Å²) < 4.78 is 5.48. The van der Waals surface area contributed by atoms with Crippen LogP contribution in [0.25, 0.3) is 0 Å². The second-order valence-corrected chi connectivity index (χ2v) is 12.9. The van der Waals surface area contributed by atoms with Crippen LogP contribution in [0, 0.1) is 5.92 Å². The number of aromatic nitrogens is 1. The first kappa shape index (κ1) is 38.5. The number of hydrazine groups is 1. The standard InChI is InChI=1S/C40H50N6O5/c1-5-33-22-15-23-34(41-33)26-45(4)39(49)43-37(29(2)3)38(48)44-46(25-31-18-11-7-12-19-31)27-36(47)35(24-30-16-9-6-10-17-30)42-40(50)51-28-32-20-13-8-14-21-32/h6-23,29,35-37,47H,5,24-28H2,1-4H3,(H,42,50)(H,43,49)(H,44,48)/t35-,36-,37-/m0/s1. The number of aliphatic hydroxyl groups is 1. The van der Waals surface area contributed by atoms with E-state index in [0.29, 0.717) is 6.42 Å². The highest BCUT2D eigenvalue weighted by Gasteiger charge is 2.30. The van der Waals surface area contributed by atoms with Gasteiger partial charge in [0, 0.05) is 25.8 Å². The molecule has 51 heavy (non-hydrogen) atoms. The maximum Gasteiger partial charge on any atom is 0.407 e. The van der Waals surface area contributed by atoms with Crippen LogP contribution in [0.2, 0.25) is 0 Å². The predicted octanol–water partition coefficient (Wildman–Crippen LogP) is 5.24. The molecule has 4 aromatic rings. The Morgan fingerprint density at radius 3 is 1.96 bits per heavy atom. The van der Waals surface area contributed by atoms with E-state index in [9.17, 15) is 19.5 Å². The normalized spacial score (nSPS) is 12.8. The van der Waals surface area contributed by atoms with E-state index in [1.54, 1.807) is 12.1 Å². The molecule has 0 aliphatic carbocycles. The average Bonchev–Trinajstić information content (AvgIpc) is 3.13. The number of nitrogens with zero attached hydrogens (tertiary/aromatic N) is 3. The van der Waals surface area contributed by atoms with Gasteiger partial charge in [-0.1, -0.05) is 118 Å². The number of hydrogen-bond donors (Lipinski definition) is 4. The monoisotopic (exact) mass is 694 g/mol. The van der Waals surface area contributed by atoms with Crippen molar-refractivity contribution in [1.29, 1.82) is 0 Å². The van der Waals surface area contributed by atoms with Gasteiger partial charge in [-0.3, -0.25) is 15.2 Å². The van der Waals surface area contributed by atoms with Crippen LogP contribution in [-0.4, -0.2) is 69.8 Å². The van der Waals surface area contributed by atoms with E-state index < -0.39 is 36.2 Å². The first-order valence-electron chi connectivity index (χ1n) is 17.4. The highest BCUT2D eigenvalue weighted by atomic mass is 16.5. The number of amides is 4. The third-order valence-electron chi connectivity index (χ3n) is 8.37. The van der Waals surface area contributed by atoms with Gasteiger partial charge in [-0.2, -0.15) is 0 Å². The summed E-state index contributed by atoms with van der Waals surface area (Å²) in [5.41, 5.74) is 7.28. The average molecular weight is 695 g/mol. The van der Waals surface area contributed by atoms with Crippen molar-refractivity contribution in [3.05, 3.63) is 137 Å². The fraction of sp³-hybridized carbons (Fsp3) is 0.350. The van der Waals surface area contributed by atoms with E-state index in [0.717, 1.165) is 34.5 Å². The zero-order chi connectivity index (χ0) is 36.6. The van der Waals surface area contributed by atoms with Gasteiger partial charge < -0.3 is 25.4 Å². The molecule has 0 aliphatic heterocycles. The molecule has 0 aliphatic rings. The number of pyridine rings is 1. The number of carbonyl (C=O) groups excluding carboxylic acids is 3. The quantitative estimate of drug-likeness (QED) is 0.111. The Morgan fingerprint density at radius 1 is 0.765 bits per heavy atom. The molecule has 0 radical (unpaired) electrons. The van der Waals surface area contributed by atoms with Gasteiger partial charge in [0.05, 0.1) is 24.4 Å². The second-order valence-electron chi connectivity index (χ2n) is 12.9. The van der Waals surface area contributed by atoms with Crippen LogP contribution in [0.5, 0.6) is 0 Å². The Kier molecular flexibility index (Phi) is 15.0. The topological polar surface area (TPSA) is 136 Å². The highest BCUT2D eigenvalue weighted by Crippen LogP contribution is 2.12. The number of urea groups is 1. The zero-order valence-corrected chi connectivity index (χ0v) is 29.9. The van der Waals surface area contributed by atoms with E-state index in [-0.39, 0.29) is 32.2 Å². The van der Waals surface area contributed by atoms with Crippen molar-refractivity contribution in [2.45, 2.75) is 71.5 Å². The molecule has 0 spiro atoms. The number of hydrogen-bond acceptors (Lipinski definition) is 7. The molecule has 0 saturated carbocycles. The highest BCUT2D eigenvalue weighted by molar-refractivity contribution is 5.87.